The van der Waals surface area contributed by atoms with Crippen molar-refractivity contribution >= 4 is 12.0 Å². The summed E-state index contributed by atoms with van der Waals surface area (Å²) < 4.78 is 10.8. The summed E-state index contributed by atoms with van der Waals surface area (Å²) in [4.78, 5) is 26.4. The molecule has 1 saturated heterocycles. The van der Waals surface area contributed by atoms with Crippen molar-refractivity contribution in [3.63, 3.8) is 0 Å². The highest BCUT2D eigenvalue weighted by atomic mass is 16.5. The topological polar surface area (TPSA) is 79.3 Å². The quantitative estimate of drug-likeness (QED) is 0.698. The van der Waals surface area contributed by atoms with Crippen LogP contribution < -0.4 is 0 Å². The number of amides is 2. The van der Waals surface area contributed by atoms with Gasteiger partial charge in [0.1, 0.15) is 0 Å². The van der Waals surface area contributed by atoms with Gasteiger partial charge in [0.25, 0.3) is 0 Å². The SMILES string of the molecule is CN(CCOCC1CC1)C(=O)N1CCOCC1CC(=O)O. The van der Waals surface area contributed by atoms with E-state index >= 15 is 0 Å². The molecule has 2 rings (SSSR count). The van der Waals surface area contributed by atoms with E-state index < -0.39 is 12.0 Å². The molecule has 1 aliphatic carbocycles. The second kappa shape index (κ2) is 7.61. The molecule has 1 saturated carbocycles. The van der Waals surface area contributed by atoms with Crippen LogP contribution in [0.3, 0.4) is 0 Å². The van der Waals surface area contributed by atoms with Gasteiger partial charge < -0.3 is 24.4 Å². The lowest BCUT2D eigenvalue weighted by molar-refractivity contribution is -0.139. The van der Waals surface area contributed by atoms with Gasteiger partial charge in [0.2, 0.25) is 0 Å². The number of morpholine rings is 1. The van der Waals surface area contributed by atoms with Crippen molar-refractivity contribution < 1.29 is 24.2 Å². The summed E-state index contributed by atoms with van der Waals surface area (Å²) in [7, 11) is 1.72. The minimum Gasteiger partial charge on any atom is -0.481 e. The number of urea groups is 1. The molecular weight excluding hydrogens is 276 g/mol. The third kappa shape index (κ3) is 5.17. The molecule has 21 heavy (non-hydrogen) atoms. The molecule has 0 aromatic rings. The smallest absolute Gasteiger partial charge is 0.320 e. The number of carboxylic acid groups (broad SMARTS) is 1. The summed E-state index contributed by atoms with van der Waals surface area (Å²) >= 11 is 0. The van der Waals surface area contributed by atoms with Crippen LogP contribution >= 0.6 is 0 Å². The van der Waals surface area contributed by atoms with E-state index in [2.05, 4.69) is 0 Å². The van der Waals surface area contributed by atoms with Crippen molar-refractivity contribution in [2.45, 2.75) is 25.3 Å². The van der Waals surface area contributed by atoms with Gasteiger partial charge in [-0.15, -0.1) is 0 Å². The summed E-state index contributed by atoms with van der Waals surface area (Å²) in [6.45, 7) is 2.98. The molecule has 1 aliphatic heterocycles. The Labute approximate surface area is 124 Å². The van der Waals surface area contributed by atoms with Crippen LogP contribution in [0.25, 0.3) is 0 Å². The van der Waals surface area contributed by atoms with E-state index in [9.17, 15) is 9.59 Å². The normalized spacial score (nSPS) is 22.1. The van der Waals surface area contributed by atoms with Crippen LogP contribution in [-0.2, 0) is 14.3 Å². The summed E-state index contributed by atoms with van der Waals surface area (Å²) in [6, 6.07) is -0.543. The molecule has 0 bridgehead atoms. The minimum atomic E-state index is -0.918. The van der Waals surface area contributed by atoms with Crippen molar-refractivity contribution in [3.05, 3.63) is 0 Å². The van der Waals surface area contributed by atoms with Gasteiger partial charge in [0.05, 0.1) is 32.3 Å². The molecule has 2 amide bonds. The Hall–Kier alpha value is -1.34. The molecule has 0 spiro atoms. The van der Waals surface area contributed by atoms with E-state index in [1.165, 1.54) is 12.8 Å². The van der Waals surface area contributed by atoms with E-state index in [1.807, 2.05) is 0 Å². The zero-order valence-electron chi connectivity index (χ0n) is 12.5. The van der Waals surface area contributed by atoms with Crippen LogP contribution in [-0.4, -0.2) is 79.5 Å². The highest BCUT2D eigenvalue weighted by Crippen LogP contribution is 2.28. The molecule has 0 aromatic carbocycles. The maximum Gasteiger partial charge on any atom is 0.320 e. The Morgan fingerprint density at radius 1 is 1.43 bits per heavy atom. The first-order valence-corrected chi connectivity index (χ1v) is 7.47. The Morgan fingerprint density at radius 2 is 2.19 bits per heavy atom. The van der Waals surface area contributed by atoms with E-state index in [4.69, 9.17) is 14.6 Å². The molecular formula is C14H24N2O5. The van der Waals surface area contributed by atoms with E-state index in [0.29, 0.717) is 32.2 Å². The Kier molecular flexibility index (Phi) is 5.81. The average molecular weight is 300 g/mol. The number of carboxylic acids is 1. The second-order valence-corrected chi connectivity index (χ2v) is 5.74. The fraction of sp³-hybridized carbons (Fsp3) is 0.857. The first-order valence-electron chi connectivity index (χ1n) is 7.47. The van der Waals surface area contributed by atoms with Crippen LogP contribution in [0.4, 0.5) is 4.79 Å². The van der Waals surface area contributed by atoms with Crippen molar-refractivity contribution in [3.8, 4) is 0 Å². The predicted octanol–water partition coefficient (Wildman–Crippen LogP) is 0.640. The number of rotatable bonds is 7. The van der Waals surface area contributed by atoms with Crippen molar-refractivity contribution in [1.82, 2.24) is 9.80 Å². The molecule has 0 radical (unpaired) electrons. The van der Waals surface area contributed by atoms with Crippen molar-refractivity contribution in [2.24, 2.45) is 5.92 Å². The molecule has 0 aromatic heterocycles. The second-order valence-electron chi connectivity index (χ2n) is 5.74. The number of nitrogens with zero attached hydrogens (tertiary/aromatic N) is 2. The maximum atomic E-state index is 12.4. The van der Waals surface area contributed by atoms with Crippen LogP contribution in [0.2, 0.25) is 0 Å². The Morgan fingerprint density at radius 3 is 2.86 bits per heavy atom. The third-order valence-electron chi connectivity index (χ3n) is 3.83. The molecule has 1 N–H and O–H groups in total. The van der Waals surface area contributed by atoms with E-state index in [1.54, 1.807) is 16.8 Å². The minimum absolute atomic E-state index is 0.0856. The van der Waals surface area contributed by atoms with E-state index in [-0.39, 0.29) is 19.1 Å². The van der Waals surface area contributed by atoms with Gasteiger partial charge in [0, 0.05) is 26.7 Å². The van der Waals surface area contributed by atoms with Gasteiger partial charge in [-0.05, 0) is 18.8 Å². The summed E-state index contributed by atoms with van der Waals surface area (Å²) in [5.41, 5.74) is 0. The largest absolute Gasteiger partial charge is 0.481 e. The monoisotopic (exact) mass is 300 g/mol. The van der Waals surface area contributed by atoms with E-state index in [0.717, 1.165) is 6.61 Å². The summed E-state index contributed by atoms with van der Waals surface area (Å²) in [5.74, 6) is -0.205. The maximum absolute atomic E-state index is 12.4. The highest BCUT2D eigenvalue weighted by Gasteiger charge is 2.30. The predicted molar refractivity (Wildman–Crippen MR) is 75.1 cm³/mol. The highest BCUT2D eigenvalue weighted by molar-refractivity contribution is 5.76. The van der Waals surface area contributed by atoms with Crippen LogP contribution in [0.5, 0.6) is 0 Å². The number of carbonyl (C=O) groups excluding carboxylic acids is 1. The van der Waals surface area contributed by atoms with Gasteiger partial charge in [0.15, 0.2) is 0 Å². The van der Waals surface area contributed by atoms with Crippen LogP contribution in [0, 0.1) is 5.92 Å². The van der Waals surface area contributed by atoms with Gasteiger partial charge in [-0.1, -0.05) is 0 Å². The number of hydrogen-bond donors (Lipinski definition) is 1. The third-order valence-corrected chi connectivity index (χ3v) is 3.83. The lowest BCUT2D eigenvalue weighted by Crippen LogP contribution is -2.53. The van der Waals surface area contributed by atoms with Crippen molar-refractivity contribution in [1.29, 1.82) is 0 Å². The Balaban J connectivity index is 1.75. The zero-order valence-corrected chi connectivity index (χ0v) is 12.5. The standard InChI is InChI=1S/C14H24N2O5/c1-15(4-6-20-9-11-2-3-11)14(19)16-5-7-21-10-12(16)8-13(17)18/h11-12H,2-10H2,1H3,(H,17,18). The molecule has 1 unspecified atom stereocenters. The molecule has 120 valence electrons. The molecule has 2 fully saturated rings. The first kappa shape index (κ1) is 16.0. The van der Waals surface area contributed by atoms with Gasteiger partial charge in [-0.25, -0.2) is 4.79 Å². The summed E-state index contributed by atoms with van der Waals surface area (Å²) in [5, 5.41) is 8.91. The molecule has 7 nitrogen and oxygen atoms in total. The molecule has 1 atom stereocenters. The van der Waals surface area contributed by atoms with Crippen molar-refractivity contribution in [2.75, 3.05) is 46.6 Å². The molecule has 1 heterocycles. The molecule has 2 aliphatic rings. The van der Waals surface area contributed by atoms with Crippen LogP contribution in [0.1, 0.15) is 19.3 Å². The number of hydrogen-bond acceptors (Lipinski definition) is 4. The van der Waals surface area contributed by atoms with Crippen LogP contribution in [0.15, 0.2) is 0 Å². The first-order chi connectivity index (χ1) is 10.1. The fourth-order valence-corrected chi connectivity index (χ4v) is 2.33. The number of ether oxygens (including phenoxy) is 2. The zero-order chi connectivity index (χ0) is 15.2. The number of carbonyl (C=O) groups is 2. The average Bonchev–Trinajstić information content (AvgIpc) is 3.27. The number of likely N-dealkylation sites (N-methyl/N-ethyl adjacent to an activating group) is 1. The molecule has 7 heteroatoms. The van der Waals surface area contributed by atoms with Gasteiger partial charge in [-0.3, -0.25) is 4.79 Å². The van der Waals surface area contributed by atoms with Gasteiger partial charge in [-0.2, -0.15) is 0 Å². The summed E-state index contributed by atoms with van der Waals surface area (Å²) in [6.07, 6.45) is 2.41. The van der Waals surface area contributed by atoms with Gasteiger partial charge >= 0.3 is 12.0 Å². The fourth-order valence-electron chi connectivity index (χ4n) is 2.33. The Bertz CT molecular complexity index is 372. The lowest BCUT2D eigenvalue weighted by Gasteiger charge is -2.37. The lowest BCUT2D eigenvalue weighted by atomic mass is 10.1. The number of aliphatic carboxylic acids is 1.